The quantitative estimate of drug-likeness (QED) is 0.611. The van der Waals surface area contributed by atoms with Crippen LogP contribution >= 0.6 is 15.9 Å². The zero-order chi connectivity index (χ0) is 19.2. The maximum absolute atomic E-state index is 12.5. The van der Waals surface area contributed by atoms with E-state index < -0.39 is 17.9 Å². The van der Waals surface area contributed by atoms with Gasteiger partial charge in [0.15, 0.2) is 0 Å². The van der Waals surface area contributed by atoms with E-state index >= 15 is 0 Å². The minimum absolute atomic E-state index is 0.211. The lowest BCUT2D eigenvalue weighted by Gasteiger charge is -2.15. The number of carboxylic acid groups (broad SMARTS) is 1. The van der Waals surface area contributed by atoms with Crippen molar-refractivity contribution in [1.29, 1.82) is 0 Å². The molecule has 0 fully saturated rings. The Kier molecular flexibility index (Phi) is 6.04. The van der Waals surface area contributed by atoms with Gasteiger partial charge < -0.3 is 10.4 Å². The standard InChI is InChI=1S/C22H18BrNO3/c23-19-8-4-5-15(13-19)14-20(22(26)27)24-21(25)18-11-9-17(10-12-18)16-6-2-1-3-7-16/h1-13,20H,14H2,(H,24,25)(H,26,27)/t20-/m1/s1. The van der Waals surface area contributed by atoms with Crippen molar-refractivity contribution in [1.82, 2.24) is 5.32 Å². The molecule has 0 aromatic heterocycles. The van der Waals surface area contributed by atoms with Crippen LogP contribution in [0.5, 0.6) is 0 Å². The zero-order valence-electron chi connectivity index (χ0n) is 14.4. The number of rotatable bonds is 6. The molecule has 1 amide bonds. The molecule has 136 valence electrons. The fourth-order valence-electron chi connectivity index (χ4n) is 2.79. The number of hydrogen-bond donors (Lipinski definition) is 2. The van der Waals surface area contributed by atoms with Gasteiger partial charge in [-0.25, -0.2) is 4.79 Å². The van der Waals surface area contributed by atoms with E-state index in [1.807, 2.05) is 66.7 Å². The molecule has 0 aliphatic heterocycles. The number of halogens is 1. The first-order valence-electron chi connectivity index (χ1n) is 8.46. The third-order valence-corrected chi connectivity index (χ3v) is 4.68. The number of benzene rings is 3. The molecule has 27 heavy (non-hydrogen) atoms. The smallest absolute Gasteiger partial charge is 0.326 e. The molecule has 0 spiro atoms. The highest BCUT2D eigenvalue weighted by molar-refractivity contribution is 9.10. The van der Waals surface area contributed by atoms with Gasteiger partial charge in [0.25, 0.3) is 5.91 Å². The van der Waals surface area contributed by atoms with Crippen LogP contribution in [0, 0.1) is 0 Å². The number of hydrogen-bond acceptors (Lipinski definition) is 2. The van der Waals surface area contributed by atoms with E-state index in [1.54, 1.807) is 12.1 Å². The molecule has 3 aromatic carbocycles. The van der Waals surface area contributed by atoms with Crippen molar-refractivity contribution < 1.29 is 14.7 Å². The second-order valence-electron chi connectivity index (χ2n) is 6.14. The van der Waals surface area contributed by atoms with Gasteiger partial charge in [0.1, 0.15) is 6.04 Å². The van der Waals surface area contributed by atoms with Crippen LogP contribution in [0.1, 0.15) is 15.9 Å². The molecule has 0 aliphatic rings. The van der Waals surface area contributed by atoms with Crippen molar-refractivity contribution >= 4 is 27.8 Å². The summed E-state index contributed by atoms with van der Waals surface area (Å²) in [5, 5.41) is 12.1. The number of carboxylic acids is 1. The number of carbonyl (C=O) groups excluding carboxylic acids is 1. The Bertz CT molecular complexity index is 939. The van der Waals surface area contributed by atoms with Gasteiger partial charge in [-0.1, -0.05) is 70.5 Å². The summed E-state index contributed by atoms with van der Waals surface area (Å²) in [5.74, 6) is -1.47. The molecule has 0 aliphatic carbocycles. The number of aliphatic carboxylic acids is 1. The SMILES string of the molecule is O=C(N[C@H](Cc1cccc(Br)c1)C(=O)O)c1ccc(-c2ccccc2)cc1. The lowest BCUT2D eigenvalue weighted by Crippen LogP contribution is -2.42. The highest BCUT2D eigenvalue weighted by atomic mass is 79.9. The van der Waals surface area contributed by atoms with E-state index in [0.717, 1.165) is 21.2 Å². The predicted octanol–water partition coefficient (Wildman–Crippen LogP) is 4.54. The van der Waals surface area contributed by atoms with Gasteiger partial charge in [-0.2, -0.15) is 0 Å². The fraction of sp³-hybridized carbons (Fsp3) is 0.0909. The molecule has 2 N–H and O–H groups in total. The average Bonchev–Trinajstić information content (AvgIpc) is 2.68. The molecule has 0 radical (unpaired) electrons. The second kappa shape index (κ2) is 8.64. The number of nitrogens with one attached hydrogen (secondary N) is 1. The summed E-state index contributed by atoms with van der Waals surface area (Å²) in [4.78, 5) is 24.0. The van der Waals surface area contributed by atoms with Crippen LogP contribution in [0.4, 0.5) is 0 Å². The van der Waals surface area contributed by atoms with Gasteiger partial charge in [-0.15, -0.1) is 0 Å². The zero-order valence-corrected chi connectivity index (χ0v) is 16.0. The Morgan fingerprint density at radius 2 is 1.56 bits per heavy atom. The Morgan fingerprint density at radius 3 is 2.19 bits per heavy atom. The Morgan fingerprint density at radius 1 is 0.889 bits per heavy atom. The van der Waals surface area contributed by atoms with Gasteiger partial charge in [-0.3, -0.25) is 4.79 Å². The lowest BCUT2D eigenvalue weighted by atomic mass is 10.0. The summed E-state index contributed by atoms with van der Waals surface area (Å²) in [6, 6.07) is 23.3. The summed E-state index contributed by atoms with van der Waals surface area (Å²) in [7, 11) is 0. The molecular weight excluding hydrogens is 406 g/mol. The first kappa shape index (κ1) is 18.9. The van der Waals surface area contributed by atoms with E-state index in [2.05, 4.69) is 21.2 Å². The average molecular weight is 424 g/mol. The summed E-state index contributed by atoms with van der Waals surface area (Å²) < 4.78 is 0.868. The van der Waals surface area contributed by atoms with E-state index in [4.69, 9.17) is 0 Å². The molecule has 3 rings (SSSR count). The van der Waals surface area contributed by atoms with Crippen molar-refractivity contribution in [3.8, 4) is 11.1 Å². The van der Waals surface area contributed by atoms with Crippen LogP contribution in [0.2, 0.25) is 0 Å². The molecule has 0 unspecified atom stereocenters. The van der Waals surface area contributed by atoms with Gasteiger partial charge in [0.2, 0.25) is 0 Å². The van der Waals surface area contributed by atoms with Crippen LogP contribution in [-0.4, -0.2) is 23.0 Å². The molecule has 4 nitrogen and oxygen atoms in total. The monoisotopic (exact) mass is 423 g/mol. The Hall–Kier alpha value is -2.92. The van der Waals surface area contributed by atoms with E-state index in [1.165, 1.54) is 0 Å². The minimum atomic E-state index is -1.07. The van der Waals surface area contributed by atoms with Crippen LogP contribution in [-0.2, 0) is 11.2 Å². The van der Waals surface area contributed by atoms with E-state index in [0.29, 0.717) is 5.56 Å². The third-order valence-electron chi connectivity index (χ3n) is 4.19. The fourth-order valence-corrected chi connectivity index (χ4v) is 3.23. The largest absolute Gasteiger partial charge is 0.480 e. The van der Waals surface area contributed by atoms with Crippen molar-refractivity contribution in [3.05, 3.63) is 94.5 Å². The van der Waals surface area contributed by atoms with Crippen molar-refractivity contribution in [2.24, 2.45) is 0 Å². The molecule has 3 aromatic rings. The molecule has 5 heteroatoms. The molecular formula is C22H18BrNO3. The van der Waals surface area contributed by atoms with Gasteiger partial charge in [0.05, 0.1) is 0 Å². The van der Waals surface area contributed by atoms with Gasteiger partial charge in [-0.05, 0) is 41.0 Å². The van der Waals surface area contributed by atoms with Crippen LogP contribution < -0.4 is 5.32 Å². The minimum Gasteiger partial charge on any atom is -0.480 e. The summed E-state index contributed by atoms with van der Waals surface area (Å²) in [6.07, 6.45) is 0.211. The number of amides is 1. The number of carbonyl (C=O) groups is 2. The Balaban J connectivity index is 1.71. The van der Waals surface area contributed by atoms with Crippen molar-refractivity contribution in [3.63, 3.8) is 0 Å². The summed E-state index contributed by atoms with van der Waals surface area (Å²) >= 11 is 3.37. The summed E-state index contributed by atoms with van der Waals surface area (Å²) in [5.41, 5.74) is 3.31. The summed E-state index contributed by atoms with van der Waals surface area (Å²) in [6.45, 7) is 0. The third kappa shape index (κ3) is 5.05. The molecule has 0 saturated heterocycles. The first-order valence-corrected chi connectivity index (χ1v) is 9.26. The van der Waals surface area contributed by atoms with Crippen LogP contribution in [0.15, 0.2) is 83.3 Å². The normalized spacial score (nSPS) is 11.6. The predicted molar refractivity (Wildman–Crippen MR) is 109 cm³/mol. The second-order valence-corrected chi connectivity index (χ2v) is 7.06. The van der Waals surface area contributed by atoms with Crippen LogP contribution in [0.25, 0.3) is 11.1 Å². The molecule has 0 heterocycles. The maximum atomic E-state index is 12.5. The molecule has 0 saturated carbocycles. The Labute approximate surface area is 166 Å². The van der Waals surface area contributed by atoms with Gasteiger partial charge in [0, 0.05) is 16.5 Å². The molecule has 1 atom stereocenters. The topological polar surface area (TPSA) is 66.4 Å². The van der Waals surface area contributed by atoms with Crippen molar-refractivity contribution in [2.75, 3.05) is 0 Å². The van der Waals surface area contributed by atoms with E-state index in [9.17, 15) is 14.7 Å². The van der Waals surface area contributed by atoms with Crippen molar-refractivity contribution in [2.45, 2.75) is 12.5 Å². The van der Waals surface area contributed by atoms with Crippen LogP contribution in [0.3, 0.4) is 0 Å². The maximum Gasteiger partial charge on any atom is 0.326 e. The van der Waals surface area contributed by atoms with Gasteiger partial charge >= 0.3 is 5.97 Å². The lowest BCUT2D eigenvalue weighted by molar-refractivity contribution is -0.139. The highest BCUT2D eigenvalue weighted by Gasteiger charge is 2.21. The highest BCUT2D eigenvalue weighted by Crippen LogP contribution is 2.19. The first-order chi connectivity index (χ1) is 13.0. The van der Waals surface area contributed by atoms with E-state index in [-0.39, 0.29) is 6.42 Å². The molecule has 0 bridgehead atoms.